The highest BCUT2D eigenvalue weighted by Crippen LogP contribution is 2.40. The van der Waals surface area contributed by atoms with Crippen molar-refractivity contribution in [2.75, 3.05) is 6.54 Å². The van der Waals surface area contributed by atoms with E-state index in [1.807, 2.05) is 40.8 Å². The van der Waals surface area contributed by atoms with Crippen LogP contribution in [-0.2, 0) is 4.79 Å². The van der Waals surface area contributed by atoms with Gasteiger partial charge in [0.05, 0.1) is 3.57 Å². The summed E-state index contributed by atoms with van der Waals surface area (Å²) in [7, 11) is 0. The van der Waals surface area contributed by atoms with Gasteiger partial charge in [-0.3, -0.25) is 9.59 Å². The van der Waals surface area contributed by atoms with Crippen LogP contribution in [0.2, 0.25) is 5.15 Å². The van der Waals surface area contributed by atoms with Gasteiger partial charge in [-0.25, -0.2) is 4.98 Å². The number of para-hydroxylation sites is 1. The molecule has 0 bridgehead atoms. The molecule has 0 saturated heterocycles. The van der Waals surface area contributed by atoms with E-state index in [4.69, 9.17) is 21.4 Å². The zero-order valence-electron chi connectivity index (χ0n) is 13.6. The van der Waals surface area contributed by atoms with E-state index in [0.717, 1.165) is 0 Å². The Morgan fingerprint density at radius 3 is 2.56 bits per heavy atom. The number of aliphatic carboxylic acids is 1. The zero-order chi connectivity index (χ0) is 19.6. The third-order valence-corrected chi connectivity index (χ3v) is 4.95. The highest BCUT2D eigenvalue weighted by Gasteiger charge is 2.22. The van der Waals surface area contributed by atoms with Crippen LogP contribution in [0.5, 0.6) is 17.2 Å². The second-order valence-electron chi connectivity index (χ2n) is 5.39. The number of carboxylic acids is 1. The molecule has 0 spiro atoms. The molecule has 2 aromatic carbocycles. The van der Waals surface area contributed by atoms with Gasteiger partial charge in [-0.2, -0.15) is 0 Å². The van der Waals surface area contributed by atoms with Crippen LogP contribution in [0.25, 0.3) is 10.8 Å². The number of pyridine rings is 1. The number of rotatable bonds is 5. The molecule has 27 heavy (non-hydrogen) atoms. The number of halogens is 2. The predicted octanol–water partition coefficient (Wildman–Crippen LogP) is 3.81. The van der Waals surface area contributed by atoms with E-state index in [1.54, 1.807) is 24.3 Å². The number of carbonyl (C=O) groups is 2. The number of hydrogen-bond acceptors (Lipinski definition) is 5. The largest absolute Gasteiger partial charge is 0.505 e. The molecule has 3 N–H and O–H groups in total. The Morgan fingerprint density at radius 2 is 1.89 bits per heavy atom. The molecule has 0 atom stereocenters. The number of carboxylic acid groups (broad SMARTS) is 1. The van der Waals surface area contributed by atoms with E-state index in [9.17, 15) is 14.7 Å². The lowest BCUT2D eigenvalue weighted by molar-refractivity contribution is -0.135. The van der Waals surface area contributed by atoms with E-state index < -0.39 is 24.2 Å². The summed E-state index contributed by atoms with van der Waals surface area (Å²) >= 11 is 8.15. The van der Waals surface area contributed by atoms with Crippen molar-refractivity contribution in [3.63, 3.8) is 0 Å². The molecule has 3 rings (SSSR count). The van der Waals surface area contributed by atoms with E-state index in [-0.39, 0.29) is 10.8 Å². The first-order valence-corrected chi connectivity index (χ1v) is 9.07. The molecule has 0 fully saturated rings. The van der Waals surface area contributed by atoms with Crippen molar-refractivity contribution in [3.05, 3.63) is 56.9 Å². The van der Waals surface area contributed by atoms with Crippen LogP contribution >= 0.6 is 34.2 Å². The number of hydrogen-bond donors (Lipinski definition) is 3. The summed E-state index contributed by atoms with van der Waals surface area (Å²) in [5.74, 6) is -1.40. The molecule has 0 unspecified atom stereocenters. The minimum Gasteiger partial charge on any atom is -0.505 e. The van der Waals surface area contributed by atoms with Crippen LogP contribution in [-0.4, -0.2) is 33.6 Å². The summed E-state index contributed by atoms with van der Waals surface area (Å²) in [5, 5.41) is 22.2. The molecule has 0 radical (unpaired) electrons. The molecule has 3 aromatic rings. The molecule has 0 aliphatic rings. The number of nitrogens with zero attached hydrogens (tertiary/aromatic N) is 1. The second-order valence-corrected chi connectivity index (χ2v) is 6.83. The highest BCUT2D eigenvalue weighted by molar-refractivity contribution is 14.1. The van der Waals surface area contributed by atoms with Gasteiger partial charge in [0.2, 0.25) is 0 Å². The molecule has 0 aliphatic heterocycles. The average molecular weight is 499 g/mol. The predicted molar refractivity (Wildman–Crippen MR) is 108 cm³/mol. The van der Waals surface area contributed by atoms with Crippen LogP contribution in [0.4, 0.5) is 0 Å². The summed E-state index contributed by atoms with van der Waals surface area (Å²) in [6.07, 6.45) is 0. The first-order chi connectivity index (χ1) is 12.9. The monoisotopic (exact) mass is 498 g/mol. The summed E-state index contributed by atoms with van der Waals surface area (Å²) in [5.41, 5.74) is -0.358. The second kappa shape index (κ2) is 7.97. The molecule has 7 nitrogen and oxygen atoms in total. The minimum atomic E-state index is -1.22. The normalized spacial score (nSPS) is 10.6. The molecular weight excluding hydrogens is 487 g/mol. The van der Waals surface area contributed by atoms with E-state index in [1.165, 1.54) is 0 Å². The topological polar surface area (TPSA) is 109 Å². The smallest absolute Gasteiger partial charge is 0.322 e. The fourth-order valence-corrected chi connectivity index (χ4v) is 3.46. The number of aromatic hydroxyl groups is 1. The van der Waals surface area contributed by atoms with Crippen molar-refractivity contribution >= 4 is 56.8 Å². The maximum absolute atomic E-state index is 12.2. The lowest BCUT2D eigenvalue weighted by Crippen LogP contribution is -2.30. The maximum atomic E-state index is 12.2. The Kier molecular flexibility index (Phi) is 5.66. The van der Waals surface area contributed by atoms with Gasteiger partial charge in [-0.05, 0) is 46.9 Å². The maximum Gasteiger partial charge on any atom is 0.322 e. The average Bonchev–Trinajstić information content (AvgIpc) is 2.65. The fourth-order valence-electron chi connectivity index (χ4n) is 2.38. The van der Waals surface area contributed by atoms with Crippen LogP contribution < -0.4 is 10.1 Å². The van der Waals surface area contributed by atoms with Crippen molar-refractivity contribution in [1.82, 2.24) is 10.3 Å². The molecule has 0 aliphatic carbocycles. The summed E-state index contributed by atoms with van der Waals surface area (Å²) in [6, 6.07) is 12.4. The van der Waals surface area contributed by atoms with Crippen LogP contribution in [0, 0.1) is 3.57 Å². The van der Waals surface area contributed by atoms with Crippen molar-refractivity contribution in [3.8, 4) is 17.2 Å². The Hall–Kier alpha value is -2.59. The van der Waals surface area contributed by atoms with Crippen molar-refractivity contribution in [2.45, 2.75) is 0 Å². The Morgan fingerprint density at radius 1 is 1.19 bits per heavy atom. The first-order valence-electron chi connectivity index (χ1n) is 7.62. The standard InChI is InChI=1S/C18H12ClIN2O5/c19-17-10-6-7-11(27-9-4-2-1-3-5-9)14(20)13(10)16(25)15(22-17)18(26)21-8-12(23)24/h1-7,25H,8H2,(H,21,26)(H,23,24). The molecule has 138 valence electrons. The number of ether oxygens (including phenoxy) is 1. The van der Waals surface area contributed by atoms with E-state index in [0.29, 0.717) is 25.8 Å². The van der Waals surface area contributed by atoms with Gasteiger partial charge < -0.3 is 20.3 Å². The molecule has 9 heteroatoms. The molecule has 0 saturated carbocycles. The number of aromatic nitrogens is 1. The SMILES string of the molecule is O=C(O)CNC(=O)c1nc(Cl)c2ccc(Oc3ccccc3)c(I)c2c1O. The summed E-state index contributed by atoms with van der Waals surface area (Å²) in [6.45, 7) is -0.607. The van der Waals surface area contributed by atoms with Crippen molar-refractivity contribution < 1.29 is 24.5 Å². The highest BCUT2D eigenvalue weighted by atomic mass is 127. The van der Waals surface area contributed by atoms with Gasteiger partial charge in [0, 0.05) is 10.8 Å². The van der Waals surface area contributed by atoms with Crippen LogP contribution in [0.1, 0.15) is 10.5 Å². The van der Waals surface area contributed by atoms with Crippen molar-refractivity contribution in [2.24, 2.45) is 0 Å². The quantitative estimate of drug-likeness (QED) is 0.365. The minimum absolute atomic E-state index is 0.00690. The van der Waals surface area contributed by atoms with Gasteiger partial charge >= 0.3 is 5.97 Å². The first kappa shape index (κ1) is 19.2. The van der Waals surface area contributed by atoms with Gasteiger partial charge in [0.25, 0.3) is 5.91 Å². The Bertz CT molecular complexity index is 1040. The molecular formula is C18H12ClIN2O5. The molecule has 1 amide bonds. The molecule has 1 aromatic heterocycles. The Balaban J connectivity index is 2.08. The fraction of sp³-hybridized carbons (Fsp3) is 0.0556. The van der Waals surface area contributed by atoms with Gasteiger partial charge in [0.15, 0.2) is 11.4 Å². The number of amides is 1. The lowest BCUT2D eigenvalue weighted by Gasteiger charge is -2.13. The summed E-state index contributed by atoms with van der Waals surface area (Å²) in [4.78, 5) is 26.7. The van der Waals surface area contributed by atoms with Crippen molar-refractivity contribution in [1.29, 1.82) is 0 Å². The third kappa shape index (κ3) is 4.06. The number of benzene rings is 2. The van der Waals surface area contributed by atoms with Gasteiger partial charge in [0.1, 0.15) is 23.2 Å². The van der Waals surface area contributed by atoms with Crippen LogP contribution in [0.3, 0.4) is 0 Å². The van der Waals surface area contributed by atoms with Crippen LogP contribution in [0.15, 0.2) is 42.5 Å². The van der Waals surface area contributed by atoms with Gasteiger partial charge in [-0.15, -0.1) is 0 Å². The number of fused-ring (bicyclic) bond motifs is 1. The molecule has 1 heterocycles. The third-order valence-electron chi connectivity index (χ3n) is 3.59. The van der Waals surface area contributed by atoms with E-state index in [2.05, 4.69) is 10.3 Å². The van der Waals surface area contributed by atoms with E-state index >= 15 is 0 Å². The number of carbonyl (C=O) groups excluding carboxylic acids is 1. The summed E-state index contributed by atoms with van der Waals surface area (Å²) < 4.78 is 6.36. The lowest BCUT2D eigenvalue weighted by atomic mass is 10.1. The van der Waals surface area contributed by atoms with Gasteiger partial charge in [-0.1, -0.05) is 29.8 Å². The zero-order valence-corrected chi connectivity index (χ0v) is 16.5. The number of nitrogens with one attached hydrogen (secondary N) is 1. The Labute approximate surface area is 172 Å².